The zero-order valence-electron chi connectivity index (χ0n) is 8.72. The largest absolute Gasteiger partial charge is 0.433 e. The first-order chi connectivity index (χ1) is 7.48. The van der Waals surface area contributed by atoms with Crippen LogP contribution in [0.1, 0.15) is 30.7 Å². The highest BCUT2D eigenvalue weighted by atomic mass is 19.4. The third-order valence-corrected chi connectivity index (χ3v) is 3.28. The number of halogens is 3. The summed E-state index contributed by atoms with van der Waals surface area (Å²) >= 11 is 0. The molecule has 0 atom stereocenters. The predicted octanol–water partition coefficient (Wildman–Crippen LogP) is 2.48. The topological polar surface area (TPSA) is 38.9 Å². The van der Waals surface area contributed by atoms with E-state index in [0.29, 0.717) is 12.2 Å². The number of alkyl halides is 3. The Kier molecular flexibility index (Phi) is 2.66. The van der Waals surface area contributed by atoms with Gasteiger partial charge in [-0.25, -0.2) is 4.98 Å². The molecule has 0 bridgehead atoms. The van der Waals surface area contributed by atoms with E-state index in [2.05, 4.69) is 4.98 Å². The number of nitrogens with two attached hydrogens (primary N) is 1. The Bertz CT molecular complexity index is 378. The van der Waals surface area contributed by atoms with Gasteiger partial charge in [0, 0.05) is 17.7 Å². The van der Waals surface area contributed by atoms with Crippen LogP contribution >= 0.6 is 0 Å². The average molecular weight is 230 g/mol. The summed E-state index contributed by atoms with van der Waals surface area (Å²) < 4.78 is 37.5. The minimum Gasteiger partial charge on any atom is -0.330 e. The summed E-state index contributed by atoms with van der Waals surface area (Å²) in [5.41, 5.74) is 4.97. The molecule has 1 fully saturated rings. The molecule has 1 aliphatic rings. The third-order valence-electron chi connectivity index (χ3n) is 3.28. The van der Waals surface area contributed by atoms with Gasteiger partial charge in [0.2, 0.25) is 0 Å². The second-order valence-corrected chi connectivity index (χ2v) is 4.24. The summed E-state index contributed by atoms with van der Waals surface area (Å²) in [7, 11) is 0. The minimum absolute atomic E-state index is 0.318. The molecule has 1 saturated carbocycles. The van der Waals surface area contributed by atoms with E-state index in [1.54, 1.807) is 6.07 Å². The van der Waals surface area contributed by atoms with Crippen LogP contribution in [0.15, 0.2) is 18.2 Å². The molecule has 5 heteroatoms. The van der Waals surface area contributed by atoms with Crippen LogP contribution in [0.5, 0.6) is 0 Å². The summed E-state index contributed by atoms with van der Waals surface area (Å²) in [6.07, 6.45) is -1.71. The quantitative estimate of drug-likeness (QED) is 0.847. The van der Waals surface area contributed by atoms with Gasteiger partial charge in [-0.15, -0.1) is 0 Å². The fraction of sp³-hybridized carbons (Fsp3) is 0.545. The lowest BCUT2D eigenvalue weighted by Gasteiger charge is -2.40. The minimum atomic E-state index is -4.38. The van der Waals surface area contributed by atoms with Gasteiger partial charge >= 0.3 is 6.18 Å². The first-order valence-electron chi connectivity index (χ1n) is 5.23. The molecule has 0 spiro atoms. The lowest BCUT2D eigenvalue weighted by molar-refractivity contribution is -0.141. The summed E-state index contributed by atoms with van der Waals surface area (Å²) in [6, 6.07) is 4.04. The van der Waals surface area contributed by atoms with Gasteiger partial charge in [-0.3, -0.25) is 0 Å². The van der Waals surface area contributed by atoms with Crippen LogP contribution in [0, 0.1) is 0 Å². The van der Waals surface area contributed by atoms with E-state index in [0.717, 1.165) is 25.3 Å². The number of nitrogens with zero attached hydrogens (tertiary/aromatic N) is 1. The van der Waals surface area contributed by atoms with Crippen LogP contribution in [-0.2, 0) is 11.6 Å². The first-order valence-corrected chi connectivity index (χ1v) is 5.23. The molecule has 0 radical (unpaired) electrons. The van der Waals surface area contributed by atoms with Crippen molar-refractivity contribution in [2.75, 3.05) is 6.54 Å². The van der Waals surface area contributed by atoms with Crippen LogP contribution in [0.3, 0.4) is 0 Å². The highest BCUT2D eigenvalue weighted by molar-refractivity contribution is 5.24. The number of aromatic nitrogens is 1. The van der Waals surface area contributed by atoms with Crippen molar-refractivity contribution in [1.82, 2.24) is 4.98 Å². The fourth-order valence-corrected chi connectivity index (χ4v) is 2.06. The number of hydrogen-bond donors (Lipinski definition) is 1. The van der Waals surface area contributed by atoms with Gasteiger partial charge < -0.3 is 5.73 Å². The third kappa shape index (κ3) is 1.80. The number of rotatable bonds is 2. The number of hydrogen-bond acceptors (Lipinski definition) is 2. The second-order valence-electron chi connectivity index (χ2n) is 4.24. The summed E-state index contributed by atoms with van der Waals surface area (Å²) in [5.74, 6) is 0. The molecular formula is C11H13F3N2. The Labute approximate surface area is 91.7 Å². The second kappa shape index (κ2) is 3.73. The molecule has 0 saturated heterocycles. The lowest BCUT2D eigenvalue weighted by atomic mass is 9.66. The van der Waals surface area contributed by atoms with Gasteiger partial charge in [0.1, 0.15) is 5.69 Å². The van der Waals surface area contributed by atoms with Gasteiger partial charge in [0.15, 0.2) is 0 Å². The average Bonchev–Trinajstić information content (AvgIpc) is 2.16. The Hall–Kier alpha value is -1.10. The summed E-state index contributed by atoms with van der Waals surface area (Å²) in [4.78, 5) is 3.70. The van der Waals surface area contributed by atoms with Crippen molar-refractivity contribution in [2.45, 2.75) is 30.9 Å². The molecule has 2 nitrogen and oxygen atoms in total. The van der Waals surface area contributed by atoms with E-state index in [1.807, 2.05) is 0 Å². The molecule has 1 heterocycles. The molecule has 1 aliphatic carbocycles. The molecule has 16 heavy (non-hydrogen) atoms. The van der Waals surface area contributed by atoms with Crippen LogP contribution in [-0.4, -0.2) is 11.5 Å². The van der Waals surface area contributed by atoms with E-state index in [-0.39, 0.29) is 5.41 Å². The van der Waals surface area contributed by atoms with Gasteiger partial charge in [0.05, 0.1) is 0 Å². The van der Waals surface area contributed by atoms with Crippen LogP contribution in [0.2, 0.25) is 0 Å². The highest BCUT2D eigenvalue weighted by Crippen LogP contribution is 2.42. The molecule has 0 amide bonds. The van der Waals surface area contributed by atoms with Gasteiger partial charge in [0.25, 0.3) is 0 Å². The predicted molar refractivity (Wildman–Crippen MR) is 53.8 cm³/mol. The molecule has 2 rings (SSSR count). The number of pyridine rings is 1. The monoisotopic (exact) mass is 230 g/mol. The SMILES string of the molecule is NCC1(c2cccc(C(F)(F)F)n2)CCC1. The molecule has 1 aromatic rings. The molecule has 0 aliphatic heterocycles. The summed E-state index contributed by atoms with van der Waals surface area (Å²) in [5, 5.41) is 0. The van der Waals surface area contributed by atoms with Crippen molar-refractivity contribution < 1.29 is 13.2 Å². The van der Waals surface area contributed by atoms with Crippen LogP contribution < -0.4 is 5.73 Å². The molecule has 0 aromatic carbocycles. The highest BCUT2D eigenvalue weighted by Gasteiger charge is 2.40. The van der Waals surface area contributed by atoms with Crippen molar-refractivity contribution in [2.24, 2.45) is 5.73 Å². The zero-order chi connectivity index (χ0) is 11.8. The Balaban J connectivity index is 2.36. The van der Waals surface area contributed by atoms with E-state index >= 15 is 0 Å². The molecule has 88 valence electrons. The Morgan fingerprint density at radius 1 is 1.31 bits per heavy atom. The maximum Gasteiger partial charge on any atom is 0.433 e. The Morgan fingerprint density at radius 3 is 2.44 bits per heavy atom. The molecule has 0 unspecified atom stereocenters. The van der Waals surface area contributed by atoms with E-state index < -0.39 is 11.9 Å². The maximum atomic E-state index is 12.5. The van der Waals surface area contributed by atoms with Crippen molar-refractivity contribution in [3.8, 4) is 0 Å². The van der Waals surface area contributed by atoms with Crippen LogP contribution in [0.25, 0.3) is 0 Å². The van der Waals surface area contributed by atoms with Crippen molar-refractivity contribution >= 4 is 0 Å². The molecule has 1 aromatic heterocycles. The van der Waals surface area contributed by atoms with Gasteiger partial charge in [-0.05, 0) is 25.0 Å². The van der Waals surface area contributed by atoms with Gasteiger partial charge in [-0.1, -0.05) is 12.5 Å². The maximum absolute atomic E-state index is 12.5. The fourth-order valence-electron chi connectivity index (χ4n) is 2.06. The summed E-state index contributed by atoms with van der Waals surface area (Å²) in [6.45, 7) is 0.362. The molecular weight excluding hydrogens is 217 g/mol. The first kappa shape index (κ1) is 11.4. The van der Waals surface area contributed by atoms with Gasteiger partial charge in [-0.2, -0.15) is 13.2 Å². The van der Waals surface area contributed by atoms with Crippen molar-refractivity contribution in [3.05, 3.63) is 29.6 Å². The van der Waals surface area contributed by atoms with E-state index in [1.165, 1.54) is 6.07 Å². The van der Waals surface area contributed by atoms with Crippen molar-refractivity contribution in [1.29, 1.82) is 0 Å². The normalized spacial score (nSPS) is 19.2. The molecule has 2 N–H and O–H groups in total. The zero-order valence-corrected chi connectivity index (χ0v) is 8.72. The lowest BCUT2D eigenvalue weighted by Crippen LogP contribution is -2.42. The van der Waals surface area contributed by atoms with Crippen LogP contribution in [0.4, 0.5) is 13.2 Å². The van der Waals surface area contributed by atoms with E-state index in [4.69, 9.17) is 5.73 Å². The smallest absolute Gasteiger partial charge is 0.330 e. The Morgan fingerprint density at radius 2 is 2.00 bits per heavy atom. The van der Waals surface area contributed by atoms with Crippen molar-refractivity contribution in [3.63, 3.8) is 0 Å². The van der Waals surface area contributed by atoms with E-state index in [9.17, 15) is 13.2 Å². The standard InChI is InChI=1S/C11H13F3N2/c12-11(13,14)9-4-1-3-8(16-9)10(7-15)5-2-6-10/h1,3-4H,2,5-7,15H2.